The predicted octanol–water partition coefficient (Wildman–Crippen LogP) is 4.16. The van der Waals surface area contributed by atoms with Gasteiger partial charge in [-0.2, -0.15) is 0 Å². The first kappa shape index (κ1) is 22.1. The van der Waals surface area contributed by atoms with Crippen LogP contribution in [0.2, 0.25) is 0 Å². The van der Waals surface area contributed by atoms with Crippen molar-refractivity contribution in [1.29, 1.82) is 0 Å². The number of carbonyl (C=O) groups excluding carboxylic acids is 3. The number of aryl methyl sites for hydroxylation is 2. The summed E-state index contributed by atoms with van der Waals surface area (Å²) < 4.78 is 11.4. The third-order valence-electron chi connectivity index (χ3n) is 4.64. The van der Waals surface area contributed by atoms with Crippen LogP contribution in [0.3, 0.4) is 0 Å². The molecule has 0 aromatic heterocycles. The number of nitrogens with one attached hydrogen (secondary N) is 1. The highest BCUT2D eigenvalue weighted by Crippen LogP contribution is 2.31. The number of anilines is 1. The van der Waals surface area contributed by atoms with E-state index in [2.05, 4.69) is 5.32 Å². The Morgan fingerprint density at radius 2 is 1.77 bits per heavy atom. The molecular weight excluding hydrogens is 396 g/mol. The molecule has 1 saturated heterocycles. The molecule has 0 unspecified atom stereocenters. The van der Waals surface area contributed by atoms with E-state index in [4.69, 9.17) is 9.47 Å². The van der Waals surface area contributed by atoms with E-state index in [1.165, 1.54) is 6.08 Å². The summed E-state index contributed by atoms with van der Waals surface area (Å²) in [5, 5.41) is 2.25. The highest BCUT2D eigenvalue weighted by atomic mass is 16.5. The molecule has 1 aliphatic rings. The van der Waals surface area contributed by atoms with E-state index in [0.717, 1.165) is 16.0 Å². The van der Waals surface area contributed by atoms with Crippen LogP contribution in [0.4, 0.5) is 10.5 Å². The lowest BCUT2D eigenvalue weighted by molar-refractivity contribution is -0.122. The van der Waals surface area contributed by atoms with E-state index >= 15 is 0 Å². The molecule has 7 heteroatoms. The van der Waals surface area contributed by atoms with E-state index in [1.54, 1.807) is 24.3 Å². The molecule has 1 heterocycles. The number of urea groups is 1. The summed E-state index contributed by atoms with van der Waals surface area (Å²) in [6.07, 6.45) is 1.41. The zero-order valence-electron chi connectivity index (χ0n) is 18.3. The second-order valence-corrected chi connectivity index (χ2v) is 7.55. The van der Waals surface area contributed by atoms with E-state index < -0.39 is 17.8 Å². The van der Waals surface area contributed by atoms with Gasteiger partial charge < -0.3 is 9.47 Å². The predicted molar refractivity (Wildman–Crippen MR) is 118 cm³/mol. The molecule has 4 amide bonds. The second-order valence-electron chi connectivity index (χ2n) is 7.55. The Hall–Kier alpha value is -3.61. The minimum absolute atomic E-state index is 0.0357. The fourth-order valence-electron chi connectivity index (χ4n) is 3.33. The van der Waals surface area contributed by atoms with E-state index in [1.807, 2.05) is 46.8 Å². The Balaban J connectivity index is 2.00. The number of hydrogen-bond acceptors (Lipinski definition) is 5. The fraction of sp³-hybridized carbons (Fsp3) is 0.292. The Bertz CT molecular complexity index is 1070. The van der Waals surface area contributed by atoms with Gasteiger partial charge in [0.1, 0.15) is 5.57 Å². The average molecular weight is 422 g/mol. The molecule has 0 saturated carbocycles. The van der Waals surface area contributed by atoms with Gasteiger partial charge in [-0.15, -0.1) is 0 Å². The Morgan fingerprint density at radius 3 is 2.42 bits per heavy atom. The third-order valence-corrected chi connectivity index (χ3v) is 4.64. The number of nitrogens with zero attached hydrogens (tertiary/aromatic N) is 1. The minimum Gasteiger partial charge on any atom is -0.490 e. The average Bonchev–Trinajstić information content (AvgIpc) is 2.68. The lowest BCUT2D eigenvalue weighted by Gasteiger charge is -2.27. The molecule has 0 radical (unpaired) electrons. The monoisotopic (exact) mass is 422 g/mol. The fourth-order valence-corrected chi connectivity index (χ4v) is 3.33. The van der Waals surface area contributed by atoms with E-state index in [9.17, 15) is 14.4 Å². The van der Waals surface area contributed by atoms with Gasteiger partial charge in [0, 0.05) is 0 Å². The molecule has 2 aromatic rings. The van der Waals surface area contributed by atoms with Gasteiger partial charge >= 0.3 is 6.03 Å². The third kappa shape index (κ3) is 4.77. The summed E-state index contributed by atoms with van der Waals surface area (Å²) >= 11 is 0. The highest BCUT2D eigenvalue weighted by molar-refractivity contribution is 6.39. The summed E-state index contributed by atoms with van der Waals surface area (Å²) in [6, 6.07) is 9.77. The van der Waals surface area contributed by atoms with Crippen molar-refractivity contribution in [2.24, 2.45) is 0 Å². The molecule has 1 N–H and O–H groups in total. The summed E-state index contributed by atoms with van der Waals surface area (Å²) in [4.78, 5) is 39.0. The zero-order valence-corrected chi connectivity index (χ0v) is 18.3. The van der Waals surface area contributed by atoms with Crippen LogP contribution in [0.1, 0.15) is 37.5 Å². The van der Waals surface area contributed by atoms with E-state index in [-0.39, 0.29) is 11.7 Å². The van der Waals surface area contributed by atoms with Gasteiger partial charge in [-0.1, -0.05) is 23.8 Å². The Labute approximate surface area is 181 Å². The lowest BCUT2D eigenvalue weighted by atomic mass is 10.0. The first-order valence-corrected chi connectivity index (χ1v) is 10.1. The van der Waals surface area contributed by atoms with Gasteiger partial charge in [-0.3, -0.25) is 14.9 Å². The first-order chi connectivity index (χ1) is 14.7. The van der Waals surface area contributed by atoms with Crippen molar-refractivity contribution < 1.29 is 23.9 Å². The standard InChI is InChI=1S/C24H26N2O5/c1-6-30-21-13-17(8-10-20(21)31-14(2)3)12-18-22(27)25-24(29)26(23(18)28)19-9-7-15(4)11-16(19)5/h7-14H,6H2,1-5H3,(H,25,27,29)/b18-12+. The van der Waals surface area contributed by atoms with Crippen LogP contribution in [0.25, 0.3) is 6.08 Å². The number of carbonyl (C=O) groups is 3. The van der Waals surface area contributed by atoms with E-state index in [0.29, 0.717) is 29.4 Å². The molecule has 1 aliphatic heterocycles. The maximum absolute atomic E-state index is 13.1. The molecule has 0 aliphatic carbocycles. The summed E-state index contributed by atoms with van der Waals surface area (Å²) in [7, 11) is 0. The molecule has 31 heavy (non-hydrogen) atoms. The van der Waals surface area contributed by atoms with Crippen LogP contribution < -0.4 is 19.7 Å². The van der Waals surface area contributed by atoms with Crippen molar-refractivity contribution >= 4 is 29.6 Å². The number of hydrogen-bond donors (Lipinski definition) is 1. The largest absolute Gasteiger partial charge is 0.490 e. The SMILES string of the molecule is CCOc1cc(/C=C2\C(=O)NC(=O)N(c3ccc(C)cc3C)C2=O)ccc1OC(C)C. The van der Waals surface area contributed by atoms with Crippen LogP contribution in [0.5, 0.6) is 11.5 Å². The Morgan fingerprint density at radius 1 is 1.03 bits per heavy atom. The quantitative estimate of drug-likeness (QED) is 0.558. The molecule has 1 fully saturated rings. The van der Waals surface area contributed by atoms with Crippen molar-refractivity contribution in [1.82, 2.24) is 5.32 Å². The minimum atomic E-state index is -0.769. The maximum atomic E-state index is 13.1. The Kier molecular flexibility index (Phi) is 6.44. The zero-order chi connectivity index (χ0) is 22.7. The molecular formula is C24H26N2O5. The normalized spacial score (nSPS) is 15.5. The molecule has 3 rings (SSSR count). The van der Waals surface area contributed by atoms with Crippen LogP contribution >= 0.6 is 0 Å². The van der Waals surface area contributed by atoms with Gasteiger partial charge in [0.25, 0.3) is 11.8 Å². The van der Waals surface area contributed by atoms with Gasteiger partial charge in [-0.25, -0.2) is 9.69 Å². The number of ether oxygens (including phenoxy) is 2. The molecule has 7 nitrogen and oxygen atoms in total. The number of rotatable bonds is 6. The van der Waals surface area contributed by atoms with Crippen molar-refractivity contribution in [3.63, 3.8) is 0 Å². The topological polar surface area (TPSA) is 84.9 Å². The number of barbiturate groups is 1. The number of imide groups is 2. The second kappa shape index (κ2) is 9.04. The molecule has 2 aromatic carbocycles. The van der Waals surface area contributed by atoms with Gasteiger partial charge in [0.2, 0.25) is 0 Å². The number of benzene rings is 2. The van der Waals surface area contributed by atoms with Crippen LogP contribution in [0, 0.1) is 13.8 Å². The highest BCUT2D eigenvalue weighted by Gasteiger charge is 2.37. The smallest absolute Gasteiger partial charge is 0.335 e. The summed E-state index contributed by atoms with van der Waals surface area (Å²) in [5.41, 5.74) is 2.63. The molecule has 162 valence electrons. The van der Waals surface area contributed by atoms with Crippen molar-refractivity contribution in [2.75, 3.05) is 11.5 Å². The number of amides is 4. The first-order valence-electron chi connectivity index (χ1n) is 10.1. The van der Waals surface area contributed by atoms with Crippen molar-refractivity contribution in [2.45, 2.75) is 40.7 Å². The van der Waals surface area contributed by atoms with Crippen molar-refractivity contribution in [3.05, 3.63) is 58.7 Å². The van der Waals surface area contributed by atoms with Crippen molar-refractivity contribution in [3.8, 4) is 11.5 Å². The molecule has 0 atom stereocenters. The van der Waals surface area contributed by atoms with Crippen LogP contribution in [-0.4, -0.2) is 30.6 Å². The van der Waals surface area contributed by atoms with Crippen LogP contribution in [-0.2, 0) is 9.59 Å². The van der Waals surface area contributed by atoms with Gasteiger partial charge in [0.15, 0.2) is 11.5 Å². The molecule has 0 bridgehead atoms. The van der Waals surface area contributed by atoms with Crippen LogP contribution in [0.15, 0.2) is 42.0 Å². The molecule has 0 spiro atoms. The lowest BCUT2D eigenvalue weighted by Crippen LogP contribution is -2.54. The summed E-state index contributed by atoms with van der Waals surface area (Å²) in [6.45, 7) is 9.85. The van der Waals surface area contributed by atoms with Gasteiger partial charge in [-0.05, 0) is 70.0 Å². The maximum Gasteiger partial charge on any atom is 0.335 e. The summed E-state index contributed by atoms with van der Waals surface area (Å²) in [5.74, 6) is -0.334. The van der Waals surface area contributed by atoms with Gasteiger partial charge in [0.05, 0.1) is 18.4 Å².